The van der Waals surface area contributed by atoms with E-state index >= 15 is 0 Å². The maximum absolute atomic E-state index is 11.4. The van der Waals surface area contributed by atoms with Gasteiger partial charge in [-0.3, -0.25) is 4.90 Å². The molecule has 0 saturated carbocycles. The topological polar surface area (TPSA) is 77.2 Å². The normalized spacial score (nSPS) is 32.8. The molecule has 1 aromatic heterocycles. The number of aliphatic hydroxyl groups excluding tert-OH is 1. The SMILES string of the molecule is COC1=C[C@@H]2C[C@H]3[C@H](N(C)C)c4onc(OCc5ccccc5)c4C(O)[C@]13O2. The van der Waals surface area contributed by atoms with Crippen molar-refractivity contribution < 1.29 is 23.8 Å². The Morgan fingerprint density at radius 3 is 2.79 bits per heavy atom. The van der Waals surface area contributed by atoms with E-state index in [0.29, 0.717) is 29.6 Å². The van der Waals surface area contributed by atoms with E-state index in [1.165, 1.54) is 0 Å². The highest BCUT2D eigenvalue weighted by Gasteiger charge is 2.68. The van der Waals surface area contributed by atoms with Crippen molar-refractivity contribution in [3.05, 3.63) is 59.1 Å². The lowest BCUT2D eigenvalue weighted by molar-refractivity contribution is -0.132. The molecule has 1 spiro atoms. The number of aliphatic hydroxyl groups is 1. The Labute approximate surface area is 163 Å². The number of hydrogen-bond acceptors (Lipinski definition) is 7. The summed E-state index contributed by atoms with van der Waals surface area (Å²) >= 11 is 0. The number of rotatable bonds is 5. The van der Waals surface area contributed by atoms with Gasteiger partial charge in [-0.2, -0.15) is 0 Å². The third kappa shape index (κ3) is 2.30. The molecule has 7 nitrogen and oxygen atoms in total. The van der Waals surface area contributed by atoms with Crippen LogP contribution in [0.5, 0.6) is 5.88 Å². The van der Waals surface area contributed by atoms with Crippen molar-refractivity contribution in [3.63, 3.8) is 0 Å². The van der Waals surface area contributed by atoms with Crippen molar-refractivity contribution in [1.82, 2.24) is 10.1 Å². The van der Waals surface area contributed by atoms with E-state index in [0.717, 1.165) is 12.0 Å². The van der Waals surface area contributed by atoms with Crippen LogP contribution >= 0.6 is 0 Å². The smallest absolute Gasteiger partial charge is 0.260 e. The van der Waals surface area contributed by atoms with Crippen molar-refractivity contribution in [2.45, 2.75) is 36.9 Å². The largest absolute Gasteiger partial charge is 0.498 e. The first-order chi connectivity index (χ1) is 13.6. The standard InChI is InChI=1S/C21H24N2O5/c1-23(2)17-14-9-13-10-15(25-3)21(14,27-13)19(24)16-18(17)28-22-20(16)26-11-12-7-5-4-6-8-12/h4-8,10,13-14,17,19,24H,9,11H2,1-3H3/t13-,14-,17-,19?,21+/m0/s1. The van der Waals surface area contributed by atoms with Crippen molar-refractivity contribution in [1.29, 1.82) is 0 Å². The Morgan fingerprint density at radius 2 is 2.07 bits per heavy atom. The van der Waals surface area contributed by atoms with Crippen LogP contribution in [0.2, 0.25) is 0 Å². The average molecular weight is 384 g/mol. The van der Waals surface area contributed by atoms with Crippen LogP contribution in [0, 0.1) is 5.92 Å². The molecule has 3 aliphatic rings. The molecule has 1 N–H and O–H groups in total. The molecule has 2 bridgehead atoms. The lowest BCUT2D eigenvalue weighted by Crippen LogP contribution is -2.51. The Morgan fingerprint density at radius 1 is 1.29 bits per heavy atom. The molecule has 1 fully saturated rings. The molecule has 2 aliphatic heterocycles. The molecule has 0 radical (unpaired) electrons. The second-order valence-electron chi connectivity index (χ2n) is 7.88. The minimum atomic E-state index is -0.973. The van der Waals surface area contributed by atoms with Gasteiger partial charge < -0.3 is 23.8 Å². The molecule has 1 aliphatic carbocycles. The van der Waals surface area contributed by atoms with Gasteiger partial charge in [-0.1, -0.05) is 30.3 Å². The second kappa shape index (κ2) is 6.34. The third-order valence-corrected chi connectivity index (χ3v) is 6.15. The molecule has 2 aromatic rings. The van der Waals surface area contributed by atoms with Gasteiger partial charge >= 0.3 is 0 Å². The van der Waals surface area contributed by atoms with Gasteiger partial charge in [-0.15, -0.1) is 0 Å². The molecule has 1 unspecified atom stereocenters. The summed E-state index contributed by atoms with van der Waals surface area (Å²) in [6, 6.07) is 9.74. The van der Waals surface area contributed by atoms with Gasteiger partial charge in [-0.05, 0) is 37.3 Å². The fraction of sp³-hybridized carbons (Fsp3) is 0.476. The van der Waals surface area contributed by atoms with Crippen LogP contribution < -0.4 is 4.74 Å². The zero-order chi connectivity index (χ0) is 19.5. The summed E-state index contributed by atoms with van der Waals surface area (Å²) in [5, 5.41) is 15.6. The van der Waals surface area contributed by atoms with Crippen LogP contribution in [0.1, 0.15) is 35.5 Å². The third-order valence-electron chi connectivity index (χ3n) is 6.15. The van der Waals surface area contributed by atoms with E-state index in [1.54, 1.807) is 7.11 Å². The summed E-state index contributed by atoms with van der Waals surface area (Å²) in [5.41, 5.74) is 0.634. The van der Waals surface area contributed by atoms with Gasteiger partial charge in [0, 0.05) is 5.92 Å². The number of nitrogens with zero attached hydrogens (tertiary/aromatic N) is 2. The Hall–Kier alpha value is -2.35. The van der Waals surface area contributed by atoms with Gasteiger partial charge in [0.1, 0.15) is 18.5 Å². The van der Waals surface area contributed by atoms with Crippen molar-refractivity contribution >= 4 is 0 Å². The maximum Gasteiger partial charge on any atom is 0.260 e. The molecular formula is C21H24N2O5. The predicted octanol–water partition coefficient (Wildman–Crippen LogP) is 2.59. The minimum Gasteiger partial charge on any atom is -0.498 e. The summed E-state index contributed by atoms with van der Waals surface area (Å²) in [7, 11) is 5.61. The lowest BCUT2D eigenvalue weighted by atomic mass is 9.66. The average Bonchev–Trinajstić information content (AvgIpc) is 3.38. The van der Waals surface area contributed by atoms with E-state index in [-0.39, 0.29) is 18.1 Å². The first-order valence-electron chi connectivity index (χ1n) is 9.51. The summed E-state index contributed by atoms with van der Waals surface area (Å²) in [6.07, 6.45) is 1.73. The number of hydrogen-bond donors (Lipinski definition) is 1. The second-order valence-corrected chi connectivity index (χ2v) is 7.88. The van der Waals surface area contributed by atoms with Crippen LogP contribution in [-0.2, 0) is 16.1 Å². The fourth-order valence-corrected chi connectivity index (χ4v) is 5.03. The highest BCUT2D eigenvalue weighted by molar-refractivity contribution is 5.45. The van der Waals surface area contributed by atoms with Crippen LogP contribution in [0.4, 0.5) is 0 Å². The van der Waals surface area contributed by atoms with Crippen LogP contribution in [-0.4, -0.2) is 48.1 Å². The van der Waals surface area contributed by atoms with E-state index < -0.39 is 11.7 Å². The van der Waals surface area contributed by atoms with Crippen LogP contribution in [0.3, 0.4) is 0 Å². The van der Waals surface area contributed by atoms with Crippen molar-refractivity contribution in [2.24, 2.45) is 5.92 Å². The van der Waals surface area contributed by atoms with E-state index in [2.05, 4.69) is 10.1 Å². The molecule has 148 valence electrons. The van der Waals surface area contributed by atoms with Crippen molar-refractivity contribution in [2.75, 3.05) is 21.2 Å². The summed E-state index contributed by atoms with van der Waals surface area (Å²) in [4.78, 5) is 2.08. The molecule has 28 heavy (non-hydrogen) atoms. The maximum atomic E-state index is 11.4. The molecule has 5 rings (SSSR count). The van der Waals surface area contributed by atoms with Gasteiger partial charge in [0.2, 0.25) is 0 Å². The van der Waals surface area contributed by atoms with Gasteiger partial charge in [0.15, 0.2) is 11.4 Å². The van der Waals surface area contributed by atoms with Gasteiger partial charge in [0.05, 0.1) is 24.8 Å². The molecule has 1 saturated heterocycles. The number of benzene rings is 1. The highest BCUT2D eigenvalue weighted by atomic mass is 16.6. The molecule has 5 atom stereocenters. The minimum absolute atomic E-state index is 0.00451. The summed E-state index contributed by atoms with van der Waals surface area (Å²) < 4.78 is 23.6. The monoisotopic (exact) mass is 384 g/mol. The first kappa shape index (κ1) is 17.7. The van der Waals surface area contributed by atoms with E-state index in [1.807, 2.05) is 50.5 Å². The number of fused-ring (bicyclic) bond motifs is 2. The zero-order valence-corrected chi connectivity index (χ0v) is 16.2. The molecule has 0 amide bonds. The first-order valence-corrected chi connectivity index (χ1v) is 9.51. The fourth-order valence-electron chi connectivity index (χ4n) is 5.03. The van der Waals surface area contributed by atoms with Crippen LogP contribution in [0.25, 0.3) is 0 Å². The highest BCUT2D eigenvalue weighted by Crippen LogP contribution is 2.63. The number of aromatic nitrogens is 1. The summed E-state index contributed by atoms with van der Waals surface area (Å²) in [5.74, 6) is 1.63. The van der Waals surface area contributed by atoms with E-state index in [9.17, 15) is 5.11 Å². The Bertz CT molecular complexity index is 909. The van der Waals surface area contributed by atoms with Gasteiger partial charge in [0.25, 0.3) is 5.88 Å². The molecule has 7 heteroatoms. The van der Waals surface area contributed by atoms with Gasteiger partial charge in [-0.25, -0.2) is 0 Å². The Kier molecular flexibility index (Phi) is 4.01. The van der Waals surface area contributed by atoms with E-state index in [4.69, 9.17) is 18.7 Å². The number of ether oxygens (including phenoxy) is 3. The zero-order valence-electron chi connectivity index (χ0n) is 16.2. The number of methoxy groups -OCH3 is 1. The lowest BCUT2D eigenvalue weighted by Gasteiger charge is -2.46. The quantitative estimate of drug-likeness (QED) is 0.849. The molecule has 1 aromatic carbocycles. The molecular weight excluding hydrogens is 360 g/mol. The van der Waals surface area contributed by atoms with Crippen molar-refractivity contribution in [3.8, 4) is 5.88 Å². The molecule has 3 heterocycles. The summed E-state index contributed by atoms with van der Waals surface area (Å²) in [6.45, 7) is 0.339. The predicted molar refractivity (Wildman–Crippen MR) is 99.5 cm³/mol. The Balaban J connectivity index is 1.56. The van der Waals surface area contributed by atoms with Crippen LogP contribution in [0.15, 0.2) is 46.7 Å².